The molecule has 0 saturated carbocycles. The lowest BCUT2D eigenvalue weighted by Crippen LogP contribution is -2.51. The zero-order chi connectivity index (χ0) is 14.6. The third-order valence-electron chi connectivity index (χ3n) is 3.21. The van der Waals surface area contributed by atoms with E-state index in [-0.39, 0.29) is 5.03 Å². The van der Waals surface area contributed by atoms with E-state index in [0.29, 0.717) is 25.4 Å². The molecule has 2 heterocycles. The van der Waals surface area contributed by atoms with Crippen molar-refractivity contribution >= 4 is 15.7 Å². The smallest absolute Gasteiger partial charge is 0.260 e. The number of rotatable bonds is 5. The summed E-state index contributed by atoms with van der Waals surface area (Å²) in [5.74, 6) is 0. The summed E-state index contributed by atoms with van der Waals surface area (Å²) >= 11 is 0. The van der Waals surface area contributed by atoms with E-state index in [0.717, 1.165) is 12.8 Å². The molecule has 1 aliphatic heterocycles. The van der Waals surface area contributed by atoms with Gasteiger partial charge < -0.3 is 10.1 Å². The summed E-state index contributed by atoms with van der Waals surface area (Å²) in [6.45, 7) is 5.47. The minimum absolute atomic E-state index is 0.0358. The second-order valence-electron chi connectivity index (χ2n) is 5.21. The van der Waals surface area contributed by atoms with Crippen LogP contribution in [0.1, 0.15) is 26.7 Å². The van der Waals surface area contributed by atoms with Crippen LogP contribution in [0.4, 0.5) is 5.69 Å². The predicted molar refractivity (Wildman–Crippen MR) is 77.2 cm³/mol. The number of sulfonamides is 1. The molecule has 2 N–H and O–H groups in total. The normalized spacial score (nSPS) is 23.5. The van der Waals surface area contributed by atoms with Gasteiger partial charge >= 0.3 is 0 Å². The second-order valence-corrected chi connectivity index (χ2v) is 6.81. The van der Waals surface area contributed by atoms with E-state index < -0.39 is 15.6 Å². The molecule has 1 unspecified atom stereocenters. The highest BCUT2D eigenvalue weighted by Crippen LogP contribution is 2.24. The van der Waals surface area contributed by atoms with Crippen molar-refractivity contribution in [1.82, 2.24) is 9.71 Å². The molecule has 1 saturated heterocycles. The van der Waals surface area contributed by atoms with Gasteiger partial charge in [0, 0.05) is 19.3 Å². The Labute approximate surface area is 120 Å². The second kappa shape index (κ2) is 6.07. The van der Waals surface area contributed by atoms with Gasteiger partial charge in [-0.05, 0) is 38.8 Å². The third kappa shape index (κ3) is 3.47. The number of hydrogen-bond donors (Lipinski definition) is 2. The van der Waals surface area contributed by atoms with Gasteiger partial charge in [-0.3, -0.25) is 0 Å². The summed E-state index contributed by atoms with van der Waals surface area (Å²) in [7, 11) is -3.67. The molecule has 1 atom stereocenters. The van der Waals surface area contributed by atoms with Crippen LogP contribution in [0.25, 0.3) is 0 Å². The van der Waals surface area contributed by atoms with Gasteiger partial charge in [0.05, 0.1) is 17.8 Å². The lowest BCUT2D eigenvalue weighted by molar-refractivity contribution is 0.0386. The Kier molecular flexibility index (Phi) is 4.62. The first kappa shape index (κ1) is 15.2. The lowest BCUT2D eigenvalue weighted by atomic mass is 9.97. The van der Waals surface area contributed by atoms with E-state index in [1.807, 2.05) is 13.8 Å². The van der Waals surface area contributed by atoms with Crippen LogP contribution in [-0.2, 0) is 14.8 Å². The number of nitrogens with zero attached hydrogens (tertiary/aromatic N) is 1. The van der Waals surface area contributed by atoms with E-state index in [1.165, 1.54) is 6.20 Å². The van der Waals surface area contributed by atoms with Gasteiger partial charge in [-0.15, -0.1) is 0 Å². The Morgan fingerprint density at radius 1 is 1.50 bits per heavy atom. The molecule has 6 nitrogen and oxygen atoms in total. The fourth-order valence-corrected chi connectivity index (χ4v) is 3.85. The zero-order valence-electron chi connectivity index (χ0n) is 11.8. The summed E-state index contributed by atoms with van der Waals surface area (Å²) in [5, 5.41) is 3.05. The Hall–Kier alpha value is -1.18. The maximum Gasteiger partial charge on any atom is 0.260 e. The van der Waals surface area contributed by atoms with Crippen molar-refractivity contribution < 1.29 is 13.2 Å². The minimum Gasteiger partial charge on any atom is -0.383 e. The molecule has 0 radical (unpaired) electrons. The molecule has 1 aromatic heterocycles. The fraction of sp³-hybridized carbons (Fsp3) is 0.615. The molecule has 20 heavy (non-hydrogen) atoms. The number of nitrogens with one attached hydrogen (secondary N) is 2. The first-order valence-corrected chi connectivity index (χ1v) is 8.26. The molecule has 0 amide bonds. The number of aromatic nitrogens is 1. The Bertz CT molecular complexity index is 554. The molecule has 1 fully saturated rings. The predicted octanol–water partition coefficient (Wildman–Crippen LogP) is 1.36. The van der Waals surface area contributed by atoms with E-state index in [9.17, 15) is 8.42 Å². The molecule has 0 aliphatic carbocycles. The standard InChI is InChI=1S/C13H21N3O3S/c1-3-14-11-6-4-8-15-12(11)20(17,18)16-13(2)7-5-9-19-10-13/h4,6,8,14,16H,3,5,7,9-10H2,1-2H3. The topological polar surface area (TPSA) is 80.3 Å². The van der Waals surface area contributed by atoms with E-state index in [4.69, 9.17) is 4.74 Å². The van der Waals surface area contributed by atoms with Gasteiger partial charge in [0.1, 0.15) is 0 Å². The third-order valence-corrected chi connectivity index (χ3v) is 4.81. The van der Waals surface area contributed by atoms with Crippen LogP contribution in [0.2, 0.25) is 0 Å². The van der Waals surface area contributed by atoms with Crippen molar-refractivity contribution in [1.29, 1.82) is 0 Å². The fourth-order valence-electron chi connectivity index (χ4n) is 2.32. The van der Waals surface area contributed by atoms with E-state index in [2.05, 4.69) is 15.0 Å². The summed E-state index contributed by atoms with van der Waals surface area (Å²) in [6, 6.07) is 3.42. The number of anilines is 1. The quantitative estimate of drug-likeness (QED) is 0.858. The Balaban J connectivity index is 2.26. The van der Waals surface area contributed by atoms with Crippen molar-refractivity contribution in [3.8, 4) is 0 Å². The highest BCUT2D eigenvalue weighted by atomic mass is 32.2. The molecule has 0 spiro atoms. The zero-order valence-corrected chi connectivity index (χ0v) is 12.7. The largest absolute Gasteiger partial charge is 0.383 e. The highest BCUT2D eigenvalue weighted by Gasteiger charge is 2.34. The van der Waals surface area contributed by atoms with Crippen LogP contribution in [0.3, 0.4) is 0 Å². The van der Waals surface area contributed by atoms with Gasteiger partial charge in [0.15, 0.2) is 5.03 Å². The molecule has 0 aromatic carbocycles. The monoisotopic (exact) mass is 299 g/mol. The van der Waals surface area contributed by atoms with Crippen molar-refractivity contribution in [2.24, 2.45) is 0 Å². The van der Waals surface area contributed by atoms with Gasteiger partial charge in [-0.1, -0.05) is 0 Å². The average molecular weight is 299 g/mol. The number of hydrogen-bond acceptors (Lipinski definition) is 5. The van der Waals surface area contributed by atoms with Gasteiger partial charge in [0.2, 0.25) is 0 Å². The number of pyridine rings is 1. The van der Waals surface area contributed by atoms with Crippen LogP contribution in [0.15, 0.2) is 23.4 Å². The maximum absolute atomic E-state index is 12.5. The Morgan fingerprint density at radius 2 is 2.30 bits per heavy atom. The molecule has 1 aliphatic rings. The van der Waals surface area contributed by atoms with Crippen molar-refractivity contribution in [3.05, 3.63) is 18.3 Å². The average Bonchev–Trinajstić information content (AvgIpc) is 2.39. The van der Waals surface area contributed by atoms with Crippen LogP contribution in [0.5, 0.6) is 0 Å². The first-order chi connectivity index (χ1) is 9.47. The highest BCUT2D eigenvalue weighted by molar-refractivity contribution is 7.89. The molecule has 1 aromatic rings. The van der Waals surface area contributed by atoms with Crippen molar-refractivity contribution in [3.63, 3.8) is 0 Å². The summed E-state index contributed by atoms with van der Waals surface area (Å²) in [6.07, 6.45) is 3.09. The summed E-state index contributed by atoms with van der Waals surface area (Å²) in [5.41, 5.74) is -0.0548. The maximum atomic E-state index is 12.5. The summed E-state index contributed by atoms with van der Waals surface area (Å²) < 4.78 is 33.2. The van der Waals surface area contributed by atoms with Crippen molar-refractivity contribution in [2.45, 2.75) is 37.3 Å². The van der Waals surface area contributed by atoms with Crippen LogP contribution >= 0.6 is 0 Å². The molecule has 112 valence electrons. The molecular formula is C13H21N3O3S. The van der Waals surface area contributed by atoms with Crippen LogP contribution in [-0.4, -0.2) is 38.7 Å². The molecule has 0 bridgehead atoms. The molecule has 2 rings (SSSR count). The van der Waals surface area contributed by atoms with Gasteiger partial charge in [0.25, 0.3) is 10.0 Å². The Morgan fingerprint density at radius 3 is 2.95 bits per heavy atom. The molecular weight excluding hydrogens is 278 g/mol. The van der Waals surface area contributed by atoms with Gasteiger partial charge in [-0.2, -0.15) is 0 Å². The SMILES string of the molecule is CCNc1cccnc1S(=O)(=O)NC1(C)CCCOC1. The lowest BCUT2D eigenvalue weighted by Gasteiger charge is -2.33. The summed E-state index contributed by atoms with van der Waals surface area (Å²) in [4.78, 5) is 4.01. The minimum atomic E-state index is -3.67. The van der Waals surface area contributed by atoms with Crippen LogP contribution in [0, 0.1) is 0 Å². The van der Waals surface area contributed by atoms with E-state index >= 15 is 0 Å². The first-order valence-electron chi connectivity index (χ1n) is 6.77. The van der Waals surface area contributed by atoms with Crippen molar-refractivity contribution in [2.75, 3.05) is 25.1 Å². The molecule has 7 heteroatoms. The van der Waals surface area contributed by atoms with Gasteiger partial charge in [-0.25, -0.2) is 18.1 Å². The van der Waals surface area contributed by atoms with E-state index in [1.54, 1.807) is 12.1 Å². The number of ether oxygens (including phenoxy) is 1. The van der Waals surface area contributed by atoms with Crippen LogP contribution < -0.4 is 10.0 Å².